The normalized spacial score (nSPS) is 8.50. The lowest BCUT2D eigenvalue weighted by Crippen LogP contribution is -2.04. The Balaban J connectivity index is 0.00000106. The van der Waals surface area contributed by atoms with Gasteiger partial charge in [0.25, 0.3) is 0 Å². The number of carbonyl (C=O) groups is 2. The molecule has 0 radical (unpaired) electrons. The van der Waals surface area contributed by atoms with Crippen molar-refractivity contribution in [3.8, 4) is 0 Å². The third-order valence-corrected chi connectivity index (χ3v) is 1.73. The molecule has 0 aliphatic carbocycles. The van der Waals surface area contributed by atoms with Gasteiger partial charge in [-0.15, -0.1) is 0 Å². The third kappa shape index (κ3) is 3.73. The molecule has 0 amide bonds. The van der Waals surface area contributed by atoms with E-state index in [2.05, 4.69) is 9.47 Å². The van der Waals surface area contributed by atoms with Gasteiger partial charge in [-0.3, -0.25) is 0 Å². The highest BCUT2D eigenvalue weighted by Gasteiger charge is 2.08. The van der Waals surface area contributed by atoms with E-state index in [-0.39, 0.29) is 0 Å². The lowest BCUT2D eigenvalue weighted by atomic mass is 10.1. The van der Waals surface area contributed by atoms with Crippen molar-refractivity contribution in [3.05, 3.63) is 35.4 Å². The van der Waals surface area contributed by atoms with Crippen molar-refractivity contribution in [1.82, 2.24) is 0 Å². The van der Waals surface area contributed by atoms with Crippen LogP contribution in [0.1, 0.15) is 34.6 Å². The average Bonchev–Trinajstić information content (AvgIpc) is 2.39. The smallest absolute Gasteiger partial charge is 0.337 e. The van der Waals surface area contributed by atoms with E-state index < -0.39 is 11.9 Å². The third-order valence-electron chi connectivity index (χ3n) is 1.73. The van der Waals surface area contributed by atoms with E-state index >= 15 is 0 Å². The van der Waals surface area contributed by atoms with Crippen LogP contribution >= 0.6 is 0 Å². The minimum Gasteiger partial charge on any atom is -0.465 e. The number of hydrogen-bond acceptors (Lipinski definition) is 4. The molecule has 4 nitrogen and oxygen atoms in total. The Morgan fingerprint density at radius 1 is 0.812 bits per heavy atom. The zero-order valence-corrected chi connectivity index (χ0v) is 9.94. The van der Waals surface area contributed by atoms with Crippen LogP contribution < -0.4 is 0 Å². The van der Waals surface area contributed by atoms with Crippen molar-refractivity contribution >= 4 is 11.9 Å². The second kappa shape index (κ2) is 7.45. The Bertz CT molecular complexity index is 306. The molecule has 0 saturated heterocycles. The van der Waals surface area contributed by atoms with Gasteiger partial charge in [-0.05, 0) is 24.3 Å². The van der Waals surface area contributed by atoms with Crippen LogP contribution in [0.2, 0.25) is 0 Å². The molecular weight excluding hydrogens is 208 g/mol. The van der Waals surface area contributed by atoms with E-state index in [1.807, 2.05) is 13.8 Å². The zero-order chi connectivity index (χ0) is 12.6. The number of ether oxygens (including phenoxy) is 2. The molecule has 0 spiro atoms. The lowest BCUT2D eigenvalue weighted by Gasteiger charge is -2.00. The summed E-state index contributed by atoms with van der Waals surface area (Å²) < 4.78 is 9.02. The number of benzene rings is 1. The van der Waals surface area contributed by atoms with Crippen LogP contribution in [0, 0.1) is 0 Å². The molecule has 88 valence electrons. The van der Waals surface area contributed by atoms with Crippen molar-refractivity contribution in [3.63, 3.8) is 0 Å². The molecule has 0 bridgehead atoms. The van der Waals surface area contributed by atoms with Gasteiger partial charge in [0.15, 0.2) is 0 Å². The quantitative estimate of drug-likeness (QED) is 0.723. The fraction of sp³-hybridized carbons (Fsp3) is 0.333. The highest BCUT2D eigenvalue weighted by atomic mass is 16.5. The van der Waals surface area contributed by atoms with Crippen molar-refractivity contribution in [2.24, 2.45) is 0 Å². The molecule has 4 heteroatoms. The minimum absolute atomic E-state index is 0.403. The summed E-state index contributed by atoms with van der Waals surface area (Å²) in [6.45, 7) is 4.00. The molecule has 1 aromatic carbocycles. The van der Waals surface area contributed by atoms with Gasteiger partial charge in [0, 0.05) is 0 Å². The Morgan fingerprint density at radius 2 is 1.06 bits per heavy atom. The Morgan fingerprint density at radius 3 is 1.25 bits per heavy atom. The summed E-state index contributed by atoms with van der Waals surface area (Å²) >= 11 is 0. The highest BCUT2D eigenvalue weighted by Crippen LogP contribution is 2.06. The predicted molar refractivity (Wildman–Crippen MR) is 60.5 cm³/mol. The summed E-state index contributed by atoms with van der Waals surface area (Å²) in [6.07, 6.45) is 0. The van der Waals surface area contributed by atoms with E-state index in [0.29, 0.717) is 11.1 Å². The van der Waals surface area contributed by atoms with Gasteiger partial charge < -0.3 is 9.47 Å². The topological polar surface area (TPSA) is 52.6 Å². The lowest BCUT2D eigenvalue weighted by molar-refractivity contribution is 0.0586. The summed E-state index contributed by atoms with van der Waals surface area (Å²) in [5.74, 6) is -0.858. The average molecular weight is 224 g/mol. The van der Waals surface area contributed by atoms with Crippen LogP contribution in [-0.4, -0.2) is 26.2 Å². The fourth-order valence-electron chi connectivity index (χ4n) is 0.978. The molecule has 0 saturated carbocycles. The molecule has 0 N–H and O–H groups in total. The molecule has 0 aromatic heterocycles. The summed E-state index contributed by atoms with van der Waals surface area (Å²) in [5.41, 5.74) is 0.806. The van der Waals surface area contributed by atoms with E-state index in [1.54, 1.807) is 0 Å². The second-order valence-electron chi connectivity index (χ2n) is 2.56. The molecule has 1 aromatic rings. The van der Waals surface area contributed by atoms with Crippen LogP contribution in [0.25, 0.3) is 0 Å². The monoisotopic (exact) mass is 224 g/mol. The van der Waals surface area contributed by atoms with Crippen molar-refractivity contribution in [2.75, 3.05) is 14.2 Å². The second-order valence-corrected chi connectivity index (χ2v) is 2.56. The highest BCUT2D eigenvalue weighted by molar-refractivity contribution is 5.93. The van der Waals surface area contributed by atoms with Crippen molar-refractivity contribution < 1.29 is 19.1 Å². The fourth-order valence-corrected chi connectivity index (χ4v) is 0.978. The molecular formula is C12H16O4. The van der Waals surface area contributed by atoms with E-state index in [1.165, 1.54) is 38.5 Å². The minimum atomic E-state index is -0.429. The van der Waals surface area contributed by atoms with Crippen LogP contribution in [0.5, 0.6) is 0 Å². The summed E-state index contributed by atoms with van der Waals surface area (Å²) in [6, 6.07) is 6.05. The van der Waals surface area contributed by atoms with Gasteiger partial charge in [-0.25, -0.2) is 9.59 Å². The first-order valence-corrected chi connectivity index (χ1v) is 4.95. The molecule has 0 atom stereocenters. The van der Waals surface area contributed by atoms with Gasteiger partial charge in [-0.2, -0.15) is 0 Å². The number of rotatable bonds is 2. The molecule has 0 heterocycles. The molecule has 0 fully saturated rings. The molecule has 0 aliphatic heterocycles. The maximum absolute atomic E-state index is 11.0. The first-order chi connectivity index (χ1) is 7.69. The number of hydrogen-bond donors (Lipinski definition) is 0. The number of carbonyl (C=O) groups excluding carboxylic acids is 2. The summed E-state index contributed by atoms with van der Waals surface area (Å²) in [5, 5.41) is 0. The van der Waals surface area contributed by atoms with E-state index in [9.17, 15) is 9.59 Å². The van der Waals surface area contributed by atoms with Crippen LogP contribution in [0.4, 0.5) is 0 Å². The first-order valence-electron chi connectivity index (χ1n) is 4.95. The summed E-state index contributed by atoms with van der Waals surface area (Å²) in [7, 11) is 2.60. The molecule has 0 unspecified atom stereocenters. The summed E-state index contributed by atoms with van der Waals surface area (Å²) in [4.78, 5) is 22.1. The Hall–Kier alpha value is -1.84. The van der Waals surface area contributed by atoms with Gasteiger partial charge in [-0.1, -0.05) is 13.8 Å². The Labute approximate surface area is 95.2 Å². The molecule has 0 aliphatic rings. The van der Waals surface area contributed by atoms with Crippen LogP contribution in [0.3, 0.4) is 0 Å². The predicted octanol–water partition coefficient (Wildman–Crippen LogP) is 2.29. The number of esters is 2. The zero-order valence-electron chi connectivity index (χ0n) is 9.94. The maximum atomic E-state index is 11.0. The van der Waals surface area contributed by atoms with E-state index in [4.69, 9.17) is 0 Å². The van der Waals surface area contributed by atoms with Gasteiger partial charge in [0.05, 0.1) is 25.3 Å². The number of methoxy groups -OCH3 is 2. The SMILES string of the molecule is CC.COC(=O)c1ccc(C(=O)OC)cc1. The van der Waals surface area contributed by atoms with Crippen molar-refractivity contribution in [2.45, 2.75) is 13.8 Å². The standard InChI is InChI=1S/C10H10O4.C2H6/c1-13-9(11)7-3-5-8(6-4-7)10(12)14-2;1-2/h3-6H,1-2H3;1-2H3. The van der Waals surface area contributed by atoms with Crippen molar-refractivity contribution in [1.29, 1.82) is 0 Å². The first kappa shape index (κ1) is 14.2. The molecule has 16 heavy (non-hydrogen) atoms. The molecule has 1 rings (SSSR count). The van der Waals surface area contributed by atoms with Crippen LogP contribution in [-0.2, 0) is 9.47 Å². The largest absolute Gasteiger partial charge is 0.465 e. The van der Waals surface area contributed by atoms with Gasteiger partial charge >= 0.3 is 11.9 Å². The Kier molecular flexibility index (Phi) is 6.59. The van der Waals surface area contributed by atoms with Gasteiger partial charge in [0.1, 0.15) is 0 Å². The van der Waals surface area contributed by atoms with E-state index in [0.717, 1.165) is 0 Å². The van der Waals surface area contributed by atoms with Crippen LogP contribution in [0.15, 0.2) is 24.3 Å². The van der Waals surface area contributed by atoms with Gasteiger partial charge in [0.2, 0.25) is 0 Å². The maximum Gasteiger partial charge on any atom is 0.337 e.